The van der Waals surface area contributed by atoms with Gasteiger partial charge in [-0.25, -0.2) is 0 Å². The van der Waals surface area contributed by atoms with Crippen molar-refractivity contribution >= 4 is 0 Å². The number of rotatable bonds is 7. The van der Waals surface area contributed by atoms with Crippen LogP contribution in [0, 0.1) is 24.2 Å². The van der Waals surface area contributed by atoms with Gasteiger partial charge in [-0.1, -0.05) is 19.3 Å². The molecule has 0 amide bonds. The van der Waals surface area contributed by atoms with Crippen LogP contribution in [-0.4, -0.2) is 31.1 Å². The Morgan fingerprint density at radius 2 is 2.29 bits per heavy atom. The Morgan fingerprint density at radius 3 is 2.71 bits per heavy atom. The van der Waals surface area contributed by atoms with Gasteiger partial charge in [-0.2, -0.15) is 0 Å². The highest BCUT2D eigenvalue weighted by atomic mass is 15.1. The Kier molecular flexibility index (Phi) is 5.00. The Labute approximate surface area is 87.8 Å². The van der Waals surface area contributed by atoms with Gasteiger partial charge in [0.25, 0.3) is 0 Å². The van der Waals surface area contributed by atoms with Crippen LogP contribution in [0.5, 0.6) is 0 Å². The maximum Gasteiger partial charge on any atom is 0.0599 e. The van der Waals surface area contributed by atoms with Crippen LogP contribution >= 0.6 is 0 Å². The Bertz CT molecular complexity index is 187. The quantitative estimate of drug-likeness (QED) is 0.619. The molecule has 2 N–H and O–H groups in total. The highest BCUT2D eigenvalue weighted by molar-refractivity contribution is 4.90. The van der Waals surface area contributed by atoms with E-state index in [1.165, 1.54) is 19.4 Å². The normalized spacial score (nSPS) is 18.1. The summed E-state index contributed by atoms with van der Waals surface area (Å²) in [5.74, 6) is 4.27. The van der Waals surface area contributed by atoms with Gasteiger partial charge in [-0.05, 0) is 31.2 Å². The molecule has 2 heteroatoms. The van der Waals surface area contributed by atoms with E-state index in [-0.39, 0.29) is 0 Å². The number of hydrogen-bond donors (Lipinski definition) is 1. The summed E-state index contributed by atoms with van der Waals surface area (Å²) in [6.45, 7) is 6.02. The monoisotopic (exact) mass is 194 g/mol. The lowest BCUT2D eigenvalue weighted by Crippen LogP contribution is -2.34. The van der Waals surface area contributed by atoms with Crippen LogP contribution in [0.25, 0.3) is 0 Å². The molecule has 1 unspecified atom stereocenters. The zero-order valence-electron chi connectivity index (χ0n) is 9.21. The number of nitrogens with zero attached hydrogens (tertiary/aromatic N) is 1. The van der Waals surface area contributed by atoms with E-state index in [0.29, 0.717) is 5.92 Å². The summed E-state index contributed by atoms with van der Waals surface area (Å²) < 4.78 is 0. The largest absolute Gasteiger partial charge is 0.330 e. The lowest BCUT2D eigenvalue weighted by molar-refractivity contribution is 0.245. The third-order valence-electron chi connectivity index (χ3n) is 2.96. The molecule has 1 aliphatic carbocycles. The van der Waals surface area contributed by atoms with Crippen LogP contribution in [0.3, 0.4) is 0 Å². The minimum atomic E-state index is 0.613. The maximum atomic E-state index is 5.70. The van der Waals surface area contributed by atoms with Crippen molar-refractivity contribution in [1.82, 2.24) is 4.90 Å². The van der Waals surface area contributed by atoms with E-state index < -0.39 is 0 Å². The summed E-state index contributed by atoms with van der Waals surface area (Å²) >= 11 is 0. The number of hydrogen-bond acceptors (Lipinski definition) is 2. The zero-order valence-corrected chi connectivity index (χ0v) is 9.21. The minimum Gasteiger partial charge on any atom is -0.330 e. The smallest absolute Gasteiger partial charge is 0.0599 e. The van der Waals surface area contributed by atoms with E-state index in [2.05, 4.69) is 17.7 Å². The summed E-state index contributed by atoms with van der Waals surface area (Å²) in [6, 6.07) is 0. The molecule has 0 aromatic carbocycles. The second-order valence-corrected chi connectivity index (χ2v) is 4.35. The minimum absolute atomic E-state index is 0.613. The molecular formula is C12H22N2. The molecule has 1 aliphatic rings. The molecule has 1 atom stereocenters. The Balaban J connectivity index is 2.28. The van der Waals surface area contributed by atoms with Gasteiger partial charge < -0.3 is 5.73 Å². The van der Waals surface area contributed by atoms with Gasteiger partial charge >= 0.3 is 0 Å². The molecule has 0 heterocycles. The SMILES string of the molecule is C#CCN(CC(CC)CN)CC1CC1. The molecule has 1 fully saturated rings. The molecule has 2 nitrogen and oxygen atoms in total. The standard InChI is InChI=1S/C12H22N2/c1-3-7-14(10-12-5-6-12)9-11(4-2)8-13/h1,11-12H,4-10,13H2,2H3. The molecule has 1 rings (SSSR count). The van der Waals surface area contributed by atoms with Crippen LogP contribution < -0.4 is 5.73 Å². The van der Waals surface area contributed by atoms with Crippen LogP contribution in [0.1, 0.15) is 26.2 Å². The van der Waals surface area contributed by atoms with Crippen molar-refractivity contribution in [2.75, 3.05) is 26.2 Å². The molecule has 0 spiro atoms. The fraction of sp³-hybridized carbons (Fsp3) is 0.833. The third kappa shape index (κ3) is 4.13. The molecule has 0 aromatic rings. The first-order chi connectivity index (χ1) is 6.80. The van der Waals surface area contributed by atoms with Gasteiger partial charge in [-0.15, -0.1) is 6.42 Å². The van der Waals surface area contributed by atoms with E-state index in [0.717, 1.165) is 32.0 Å². The van der Waals surface area contributed by atoms with E-state index in [4.69, 9.17) is 12.2 Å². The highest BCUT2D eigenvalue weighted by Gasteiger charge is 2.24. The van der Waals surface area contributed by atoms with E-state index in [1.807, 2.05) is 0 Å². The van der Waals surface area contributed by atoms with Crippen LogP contribution in [-0.2, 0) is 0 Å². The summed E-state index contributed by atoms with van der Waals surface area (Å²) in [4.78, 5) is 2.39. The van der Waals surface area contributed by atoms with Gasteiger partial charge in [0.1, 0.15) is 0 Å². The molecule has 0 aromatic heterocycles. The summed E-state index contributed by atoms with van der Waals surface area (Å²) in [5, 5.41) is 0. The van der Waals surface area contributed by atoms with E-state index >= 15 is 0 Å². The molecule has 1 saturated carbocycles. The van der Waals surface area contributed by atoms with Gasteiger partial charge in [0.2, 0.25) is 0 Å². The maximum absolute atomic E-state index is 5.70. The van der Waals surface area contributed by atoms with Crippen molar-refractivity contribution < 1.29 is 0 Å². The van der Waals surface area contributed by atoms with E-state index in [9.17, 15) is 0 Å². The molecule has 80 valence electrons. The van der Waals surface area contributed by atoms with Crippen molar-refractivity contribution in [3.05, 3.63) is 0 Å². The molecule has 0 aliphatic heterocycles. The topological polar surface area (TPSA) is 29.3 Å². The fourth-order valence-corrected chi connectivity index (χ4v) is 1.73. The van der Waals surface area contributed by atoms with Crippen molar-refractivity contribution in [3.8, 4) is 12.3 Å². The van der Waals surface area contributed by atoms with E-state index in [1.54, 1.807) is 0 Å². The Morgan fingerprint density at radius 1 is 1.57 bits per heavy atom. The number of nitrogens with two attached hydrogens (primary N) is 1. The molecule has 14 heavy (non-hydrogen) atoms. The van der Waals surface area contributed by atoms with Gasteiger partial charge in [0.15, 0.2) is 0 Å². The van der Waals surface area contributed by atoms with Crippen molar-refractivity contribution in [2.45, 2.75) is 26.2 Å². The van der Waals surface area contributed by atoms with Crippen molar-refractivity contribution in [1.29, 1.82) is 0 Å². The zero-order chi connectivity index (χ0) is 10.4. The first kappa shape index (κ1) is 11.6. The van der Waals surface area contributed by atoms with Gasteiger partial charge in [-0.3, -0.25) is 4.90 Å². The first-order valence-electron chi connectivity index (χ1n) is 5.66. The average Bonchev–Trinajstić information content (AvgIpc) is 2.98. The van der Waals surface area contributed by atoms with Crippen LogP contribution in [0.2, 0.25) is 0 Å². The second-order valence-electron chi connectivity index (χ2n) is 4.35. The predicted molar refractivity (Wildman–Crippen MR) is 60.8 cm³/mol. The lowest BCUT2D eigenvalue weighted by Gasteiger charge is -2.24. The molecule has 0 saturated heterocycles. The van der Waals surface area contributed by atoms with Crippen molar-refractivity contribution in [3.63, 3.8) is 0 Å². The molecule has 0 radical (unpaired) electrons. The first-order valence-corrected chi connectivity index (χ1v) is 5.66. The van der Waals surface area contributed by atoms with Crippen molar-refractivity contribution in [2.24, 2.45) is 17.6 Å². The van der Waals surface area contributed by atoms with Gasteiger partial charge in [0.05, 0.1) is 6.54 Å². The average molecular weight is 194 g/mol. The fourth-order valence-electron chi connectivity index (χ4n) is 1.73. The van der Waals surface area contributed by atoms with Gasteiger partial charge in [0, 0.05) is 13.1 Å². The van der Waals surface area contributed by atoms with Crippen LogP contribution in [0.4, 0.5) is 0 Å². The third-order valence-corrected chi connectivity index (χ3v) is 2.96. The molecule has 0 bridgehead atoms. The summed E-state index contributed by atoms with van der Waals surface area (Å²) in [6.07, 6.45) is 9.30. The Hall–Kier alpha value is -0.520. The predicted octanol–water partition coefficient (Wildman–Crippen LogP) is 1.32. The summed E-state index contributed by atoms with van der Waals surface area (Å²) in [7, 11) is 0. The molecular weight excluding hydrogens is 172 g/mol. The van der Waals surface area contributed by atoms with Crippen LogP contribution in [0.15, 0.2) is 0 Å². The lowest BCUT2D eigenvalue weighted by atomic mass is 10.1. The highest BCUT2D eigenvalue weighted by Crippen LogP contribution is 2.29. The second kappa shape index (κ2) is 6.06. The summed E-state index contributed by atoms with van der Waals surface area (Å²) in [5.41, 5.74) is 5.70. The number of terminal acetylenes is 1.